The number of rotatable bonds is 5. The normalized spacial score (nSPS) is 19.4. The van der Waals surface area contributed by atoms with Gasteiger partial charge in [0.05, 0.1) is 0 Å². The molecule has 0 spiro atoms. The summed E-state index contributed by atoms with van der Waals surface area (Å²) in [5.41, 5.74) is -0.0878. The maximum Gasteiger partial charge on any atom is 0.252 e. The summed E-state index contributed by atoms with van der Waals surface area (Å²) in [6.45, 7) is 6.02. The number of hydrogen-bond donors (Lipinski definition) is 3. The van der Waals surface area contributed by atoms with Crippen LogP contribution in [0.4, 0.5) is 5.82 Å². The largest absolute Gasteiger partial charge is 0.370 e. The van der Waals surface area contributed by atoms with Crippen LogP contribution in [0.3, 0.4) is 0 Å². The molecule has 100 valence electrons. The molecular weight excluding hydrogens is 228 g/mol. The van der Waals surface area contributed by atoms with Crippen LogP contribution in [0.5, 0.6) is 0 Å². The molecule has 0 amide bonds. The van der Waals surface area contributed by atoms with Crippen molar-refractivity contribution in [1.29, 1.82) is 0 Å². The molecule has 0 radical (unpaired) electrons. The second-order valence-corrected chi connectivity index (χ2v) is 5.18. The lowest BCUT2D eigenvalue weighted by molar-refractivity contribution is 0.574. The summed E-state index contributed by atoms with van der Waals surface area (Å²) in [4.78, 5) is 18.7. The summed E-state index contributed by atoms with van der Waals surface area (Å²) in [5, 5.41) is 6.69. The third-order valence-electron chi connectivity index (χ3n) is 3.27. The molecular formula is C13H22N4O. The summed E-state index contributed by atoms with van der Waals surface area (Å²) in [6, 6.07) is 2.14. The summed E-state index contributed by atoms with van der Waals surface area (Å²) < 4.78 is 0. The van der Waals surface area contributed by atoms with Crippen LogP contribution < -0.4 is 16.2 Å². The Morgan fingerprint density at radius 2 is 2.39 bits per heavy atom. The molecule has 18 heavy (non-hydrogen) atoms. The first kappa shape index (κ1) is 13.1. The molecule has 1 aliphatic heterocycles. The molecule has 2 rings (SSSR count). The minimum atomic E-state index is -0.0878. The lowest BCUT2D eigenvalue weighted by Gasteiger charge is -2.12. The number of aromatic nitrogens is 2. The predicted octanol–water partition coefficient (Wildman–Crippen LogP) is 1.45. The number of nitrogens with one attached hydrogen (secondary N) is 3. The molecule has 5 heteroatoms. The Balaban J connectivity index is 1.90. The highest BCUT2D eigenvalue weighted by molar-refractivity contribution is 5.33. The van der Waals surface area contributed by atoms with Gasteiger partial charge in [-0.05, 0) is 25.8 Å². The summed E-state index contributed by atoms with van der Waals surface area (Å²) in [5.74, 6) is 1.65. The predicted molar refractivity (Wildman–Crippen MR) is 73.1 cm³/mol. The van der Waals surface area contributed by atoms with Gasteiger partial charge in [-0.25, -0.2) is 4.98 Å². The van der Waals surface area contributed by atoms with Gasteiger partial charge in [-0.2, -0.15) is 0 Å². The number of hydrogen-bond acceptors (Lipinski definition) is 4. The maximum absolute atomic E-state index is 11.5. The van der Waals surface area contributed by atoms with Crippen LogP contribution in [0.2, 0.25) is 0 Å². The van der Waals surface area contributed by atoms with Crippen molar-refractivity contribution < 1.29 is 0 Å². The van der Waals surface area contributed by atoms with Gasteiger partial charge in [-0.1, -0.05) is 13.8 Å². The van der Waals surface area contributed by atoms with E-state index in [9.17, 15) is 4.79 Å². The van der Waals surface area contributed by atoms with Gasteiger partial charge in [0.25, 0.3) is 5.56 Å². The lowest BCUT2D eigenvalue weighted by Crippen LogP contribution is -2.24. The van der Waals surface area contributed by atoms with Gasteiger partial charge >= 0.3 is 0 Å². The van der Waals surface area contributed by atoms with Crippen molar-refractivity contribution in [2.45, 2.75) is 45.1 Å². The van der Waals surface area contributed by atoms with Gasteiger partial charge in [0.15, 0.2) is 0 Å². The van der Waals surface area contributed by atoms with Crippen molar-refractivity contribution in [3.05, 3.63) is 22.2 Å². The standard InChI is InChI=1S/C13H22N4O/c1-9(2)13-16-11(8-12(18)17-13)15-7-5-10-4-3-6-14-10/h8-10,14H,3-7H2,1-2H3,(H2,15,16,17,18)/t10-/m0/s1. The summed E-state index contributed by atoms with van der Waals surface area (Å²) >= 11 is 0. The van der Waals surface area contributed by atoms with E-state index in [0.717, 1.165) is 25.3 Å². The first-order valence-electron chi connectivity index (χ1n) is 6.73. The van der Waals surface area contributed by atoms with Gasteiger partial charge in [0.1, 0.15) is 11.6 Å². The molecule has 0 aliphatic carbocycles. The van der Waals surface area contributed by atoms with Crippen molar-refractivity contribution in [3.63, 3.8) is 0 Å². The topological polar surface area (TPSA) is 69.8 Å². The van der Waals surface area contributed by atoms with E-state index >= 15 is 0 Å². The first-order chi connectivity index (χ1) is 8.65. The third kappa shape index (κ3) is 3.57. The highest BCUT2D eigenvalue weighted by atomic mass is 16.1. The molecule has 1 fully saturated rings. The van der Waals surface area contributed by atoms with Crippen LogP contribution in [-0.2, 0) is 0 Å². The van der Waals surface area contributed by atoms with Gasteiger partial charge in [-0.3, -0.25) is 4.79 Å². The Labute approximate surface area is 107 Å². The van der Waals surface area contributed by atoms with Crippen molar-refractivity contribution in [2.24, 2.45) is 0 Å². The molecule has 0 bridgehead atoms. The van der Waals surface area contributed by atoms with E-state index in [0.29, 0.717) is 11.9 Å². The number of nitrogens with zero attached hydrogens (tertiary/aromatic N) is 1. The van der Waals surface area contributed by atoms with Crippen molar-refractivity contribution in [3.8, 4) is 0 Å². The molecule has 3 N–H and O–H groups in total. The fourth-order valence-electron chi connectivity index (χ4n) is 2.22. The van der Waals surface area contributed by atoms with E-state index in [-0.39, 0.29) is 11.5 Å². The van der Waals surface area contributed by atoms with Crippen molar-refractivity contribution in [1.82, 2.24) is 15.3 Å². The zero-order chi connectivity index (χ0) is 13.0. The number of aromatic amines is 1. The van der Waals surface area contributed by atoms with Crippen LogP contribution in [0.1, 0.15) is 44.9 Å². The van der Waals surface area contributed by atoms with E-state index in [1.54, 1.807) is 0 Å². The molecule has 1 aromatic heterocycles. The van der Waals surface area contributed by atoms with Gasteiger partial charge in [0, 0.05) is 24.6 Å². The average Bonchev–Trinajstić information content (AvgIpc) is 2.81. The smallest absolute Gasteiger partial charge is 0.252 e. The number of anilines is 1. The van der Waals surface area contributed by atoms with Gasteiger partial charge < -0.3 is 15.6 Å². The maximum atomic E-state index is 11.5. The highest BCUT2D eigenvalue weighted by Gasteiger charge is 2.13. The van der Waals surface area contributed by atoms with E-state index in [1.165, 1.54) is 18.9 Å². The molecule has 5 nitrogen and oxygen atoms in total. The van der Waals surface area contributed by atoms with E-state index in [1.807, 2.05) is 13.8 Å². The minimum absolute atomic E-state index is 0.0878. The first-order valence-corrected chi connectivity index (χ1v) is 6.73. The Hall–Kier alpha value is -1.36. The van der Waals surface area contributed by atoms with E-state index < -0.39 is 0 Å². The van der Waals surface area contributed by atoms with Crippen LogP contribution >= 0.6 is 0 Å². The summed E-state index contributed by atoms with van der Waals surface area (Å²) in [7, 11) is 0. The monoisotopic (exact) mass is 250 g/mol. The molecule has 2 heterocycles. The van der Waals surface area contributed by atoms with E-state index in [4.69, 9.17) is 0 Å². The Bertz CT molecular complexity index is 435. The Kier molecular flexibility index (Phi) is 4.36. The fraction of sp³-hybridized carbons (Fsp3) is 0.692. The zero-order valence-corrected chi connectivity index (χ0v) is 11.1. The lowest BCUT2D eigenvalue weighted by atomic mass is 10.1. The number of H-pyrrole nitrogens is 1. The van der Waals surface area contributed by atoms with E-state index in [2.05, 4.69) is 20.6 Å². The second-order valence-electron chi connectivity index (χ2n) is 5.18. The van der Waals surface area contributed by atoms with Crippen molar-refractivity contribution >= 4 is 5.82 Å². The van der Waals surface area contributed by atoms with Crippen LogP contribution in [0.25, 0.3) is 0 Å². The molecule has 0 saturated carbocycles. The fourth-order valence-corrected chi connectivity index (χ4v) is 2.22. The third-order valence-corrected chi connectivity index (χ3v) is 3.27. The van der Waals surface area contributed by atoms with Crippen LogP contribution in [0, 0.1) is 0 Å². The highest BCUT2D eigenvalue weighted by Crippen LogP contribution is 2.11. The minimum Gasteiger partial charge on any atom is -0.370 e. The molecule has 1 atom stereocenters. The molecule has 1 aromatic rings. The summed E-state index contributed by atoms with van der Waals surface area (Å²) in [6.07, 6.45) is 3.60. The average molecular weight is 250 g/mol. The molecule has 1 saturated heterocycles. The Morgan fingerprint density at radius 3 is 3.06 bits per heavy atom. The van der Waals surface area contributed by atoms with Crippen LogP contribution in [-0.4, -0.2) is 29.1 Å². The zero-order valence-electron chi connectivity index (χ0n) is 11.1. The van der Waals surface area contributed by atoms with Crippen LogP contribution in [0.15, 0.2) is 10.9 Å². The quantitative estimate of drug-likeness (QED) is 0.739. The second kappa shape index (κ2) is 6.00. The molecule has 0 unspecified atom stereocenters. The SMILES string of the molecule is CC(C)c1nc(NCC[C@@H]2CCCN2)cc(=O)[nH]1. The Morgan fingerprint density at radius 1 is 1.56 bits per heavy atom. The van der Waals surface area contributed by atoms with Crippen molar-refractivity contribution in [2.75, 3.05) is 18.4 Å². The molecule has 0 aromatic carbocycles. The van der Waals surface area contributed by atoms with Gasteiger partial charge in [0.2, 0.25) is 0 Å². The molecule has 1 aliphatic rings. The van der Waals surface area contributed by atoms with Gasteiger partial charge in [-0.15, -0.1) is 0 Å².